The van der Waals surface area contributed by atoms with E-state index in [0.29, 0.717) is 10.6 Å². The molecule has 1 atom stereocenters. The van der Waals surface area contributed by atoms with Crippen molar-refractivity contribution in [2.24, 2.45) is 0 Å². The highest BCUT2D eigenvalue weighted by molar-refractivity contribution is 6.42. The van der Waals surface area contributed by atoms with Gasteiger partial charge in [0.25, 0.3) is 0 Å². The monoisotopic (exact) mass is 233 g/mol. The molecule has 0 radical (unpaired) electrons. The summed E-state index contributed by atoms with van der Waals surface area (Å²) in [5, 5.41) is 12.1. The lowest BCUT2D eigenvalue weighted by Crippen LogP contribution is -2.25. The van der Waals surface area contributed by atoms with Crippen LogP contribution >= 0.6 is 23.2 Å². The van der Waals surface area contributed by atoms with Crippen LogP contribution in [0.15, 0.2) is 18.2 Å². The SMILES string of the molecule is CN[C@H](C(=O)O)c1cccc(Cl)c1Cl. The average Bonchev–Trinajstić information content (AvgIpc) is 2.13. The fourth-order valence-electron chi connectivity index (χ4n) is 1.16. The summed E-state index contributed by atoms with van der Waals surface area (Å²) in [5.41, 5.74) is 0.467. The van der Waals surface area contributed by atoms with E-state index in [9.17, 15) is 4.79 Å². The summed E-state index contributed by atoms with van der Waals surface area (Å²) in [7, 11) is 1.55. The minimum atomic E-state index is -0.989. The van der Waals surface area contributed by atoms with Crippen LogP contribution in [0.25, 0.3) is 0 Å². The molecule has 2 N–H and O–H groups in total. The van der Waals surface area contributed by atoms with Crippen molar-refractivity contribution in [1.29, 1.82) is 0 Å². The zero-order valence-electron chi connectivity index (χ0n) is 7.42. The first-order valence-corrected chi connectivity index (χ1v) is 4.67. The molecule has 76 valence electrons. The first kappa shape index (κ1) is 11.3. The highest BCUT2D eigenvalue weighted by atomic mass is 35.5. The molecule has 0 fully saturated rings. The molecule has 0 bridgehead atoms. The van der Waals surface area contributed by atoms with Crippen molar-refractivity contribution in [3.63, 3.8) is 0 Å². The third-order valence-electron chi connectivity index (χ3n) is 1.83. The predicted molar refractivity (Wildman–Crippen MR) is 55.9 cm³/mol. The van der Waals surface area contributed by atoms with Crippen molar-refractivity contribution in [2.75, 3.05) is 7.05 Å². The third kappa shape index (κ3) is 2.18. The molecule has 0 amide bonds. The van der Waals surface area contributed by atoms with E-state index < -0.39 is 12.0 Å². The van der Waals surface area contributed by atoms with Gasteiger partial charge in [-0.3, -0.25) is 4.79 Å². The van der Waals surface area contributed by atoms with Crippen LogP contribution in [0.1, 0.15) is 11.6 Å². The molecule has 0 heterocycles. The van der Waals surface area contributed by atoms with Gasteiger partial charge in [0.15, 0.2) is 0 Å². The predicted octanol–water partition coefficient (Wildman–Crippen LogP) is 2.34. The second-order valence-corrected chi connectivity index (χ2v) is 3.49. The summed E-state index contributed by atoms with van der Waals surface area (Å²) in [6.45, 7) is 0. The molecule has 0 aromatic heterocycles. The van der Waals surface area contributed by atoms with Gasteiger partial charge in [-0.25, -0.2) is 0 Å². The number of rotatable bonds is 3. The summed E-state index contributed by atoms with van der Waals surface area (Å²) in [5.74, 6) is -0.989. The number of hydrogen-bond donors (Lipinski definition) is 2. The number of carbonyl (C=O) groups is 1. The maximum Gasteiger partial charge on any atom is 0.325 e. The first-order chi connectivity index (χ1) is 6.57. The minimum Gasteiger partial charge on any atom is -0.480 e. The Morgan fingerprint density at radius 1 is 1.50 bits per heavy atom. The molecule has 0 saturated heterocycles. The van der Waals surface area contributed by atoms with Gasteiger partial charge in [-0.05, 0) is 13.1 Å². The van der Waals surface area contributed by atoms with Gasteiger partial charge in [0, 0.05) is 5.56 Å². The van der Waals surface area contributed by atoms with Gasteiger partial charge in [-0.15, -0.1) is 0 Å². The van der Waals surface area contributed by atoms with Crippen molar-refractivity contribution >= 4 is 29.2 Å². The fourth-order valence-corrected chi connectivity index (χ4v) is 1.57. The van der Waals surface area contributed by atoms with Gasteiger partial charge in [-0.1, -0.05) is 35.3 Å². The highest BCUT2D eigenvalue weighted by Crippen LogP contribution is 2.29. The Hall–Kier alpha value is -0.770. The van der Waals surface area contributed by atoms with Gasteiger partial charge in [-0.2, -0.15) is 0 Å². The smallest absolute Gasteiger partial charge is 0.325 e. The first-order valence-electron chi connectivity index (χ1n) is 3.92. The van der Waals surface area contributed by atoms with E-state index in [4.69, 9.17) is 28.3 Å². The maximum atomic E-state index is 10.8. The number of carboxylic acid groups (broad SMARTS) is 1. The molecular weight excluding hydrogens is 225 g/mol. The van der Waals surface area contributed by atoms with Crippen LogP contribution in [-0.4, -0.2) is 18.1 Å². The number of nitrogens with one attached hydrogen (secondary N) is 1. The molecule has 0 spiro atoms. The van der Waals surface area contributed by atoms with Crippen molar-refractivity contribution in [1.82, 2.24) is 5.32 Å². The average molecular weight is 234 g/mol. The van der Waals surface area contributed by atoms with Crippen LogP contribution in [-0.2, 0) is 4.79 Å². The summed E-state index contributed by atoms with van der Waals surface area (Å²) in [6, 6.07) is 4.07. The van der Waals surface area contributed by atoms with Crippen LogP contribution in [0.5, 0.6) is 0 Å². The lowest BCUT2D eigenvalue weighted by molar-refractivity contribution is -0.139. The molecule has 5 heteroatoms. The van der Waals surface area contributed by atoms with E-state index >= 15 is 0 Å². The van der Waals surface area contributed by atoms with E-state index in [0.717, 1.165) is 0 Å². The Kier molecular flexibility index (Phi) is 3.75. The molecule has 0 aliphatic rings. The van der Waals surface area contributed by atoms with Crippen molar-refractivity contribution in [3.8, 4) is 0 Å². The minimum absolute atomic E-state index is 0.274. The standard InChI is InChI=1S/C9H9Cl2NO2/c1-12-8(9(13)14)5-3-2-4-6(10)7(5)11/h2-4,8,12H,1H3,(H,13,14)/t8-/m0/s1. The van der Waals surface area contributed by atoms with Gasteiger partial charge >= 0.3 is 5.97 Å². The molecule has 1 rings (SSSR count). The molecule has 14 heavy (non-hydrogen) atoms. The van der Waals surface area contributed by atoms with Crippen molar-refractivity contribution in [3.05, 3.63) is 33.8 Å². The van der Waals surface area contributed by atoms with Gasteiger partial charge in [0.05, 0.1) is 10.0 Å². The maximum absolute atomic E-state index is 10.8. The molecular formula is C9H9Cl2NO2. The van der Waals surface area contributed by atoms with E-state index in [-0.39, 0.29) is 5.02 Å². The van der Waals surface area contributed by atoms with E-state index in [1.54, 1.807) is 25.2 Å². The number of carboxylic acids is 1. The Morgan fingerprint density at radius 2 is 2.14 bits per heavy atom. The van der Waals surface area contributed by atoms with E-state index in [1.807, 2.05) is 0 Å². The lowest BCUT2D eigenvalue weighted by atomic mass is 10.1. The number of benzene rings is 1. The van der Waals surface area contributed by atoms with Crippen LogP contribution in [0.2, 0.25) is 10.0 Å². The van der Waals surface area contributed by atoms with Gasteiger partial charge < -0.3 is 10.4 Å². The Labute approximate surface area is 91.6 Å². The quantitative estimate of drug-likeness (QED) is 0.843. The van der Waals surface area contributed by atoms with Crippen LogP contribution < -0.4 is 5.32 Å². The molecule has 1 aromatic rings. The lowest BCUT2D eigenvalue weighted by Gasteiger charge is -2.13. The number of hydrogen-bond acceptors (Lipinski definition) is 2. The second-order valence-electron chi connectivity index (χ2n) is 2.70. The molecule has 3 nitrogen and oxygen atoms in total. The number of halogens is 2. The summed E-state index contributed by atoms with van der Waals surface area (Å²) >= 11 is 11.6. The molecule has 1 aromatic carbocycles. The van der Waals surface area contributed by atoms with E-state index in [1.165, 1.54) is 0 Å². The van der Waals surface area contributed by atoms with E-state index in [2.05, 4.69) is 5.32 Å². The molecule has 0 aliphatic heterocycles. The largest absolute Gasteiger partial charge is 0.480 e. The van der Waals surface area contributed by atoms with Crippen LogP contribution in [0.4, 0.5) is 0 Å². The normalized spacial score (nSPS) is 12.5. The summed E-state index contributed by atoms with van der Waals surface area (Å²) < 4.78 is 0. The van der Waals surface area contributed by atoms with Crippen molar-refractivity contribution in [2.45, 2.75) is 6.04 Å². The fraction of sp³-hybridized carbons (Fsp3) is 0.222. The highest BCUT2D eigenvalue weighted by Gasteiger charge is 2.20. The topological polar surface area (TPSA) is 49.3 Å². The van der Waals surface area contributed by atoms with Gasteiger partial charge in [0.2, 0.25) is 0 Å². The number of aliphatic carboxylic acids is 1. The second kappa shape index (κ2) is 4.64. The molecule has 0 saturated carbocycles. The number of likely N-dealkylation sites (N-methyl/N-ethyl adjacent to an activating group) is 1. The third-order valence-corrected chi connectivity index (χ3v) is 2.66. The Balaban J connectivity index is 3.16. The van der Waals surface area contributed by atoms with Gasteiger partial charge in [0.1, 0.15) is 6.04 Å². The zero-order chi connectivity index (χ0) is 10.7. The Morgan fingerprint density at radius 3 is 2.64 bits per heavy atom. The van der Waals surface area contributed by atoms with Crippen LogP contribution in [0.3, 0.4) is 0 Å². The molecule has 0 aliphatic carbocycles. The molecule has 0 unspecified atom stereocenters. The Bertz CT molecular complexity index is 355. The summed E-state index contributed by atoms with van der Waals surface area (Å²) in [4.78, 5) is 10.8. The van der Waals surface area contributed by atoms with Crippen molar-refractivity contribution < 1.29 is 9.90 Å². The van der Waals surface area contributed by atoms with Crippen LogP contribution in [0, 0.1) is 0 Å². The zero-order valence-corrected chi connectivity index (χ0v) is 8.93. The summed E-state index contributed by atoms with van der Waals surface area (Å²) in [6.07, 6.45) is 0.